The van der Waals surface area contributed by atoms with E-state index in [0.29, 0.717) is 4.70 Å². The van der Waals surface area contributed by atoms with Crippen LogP contribution in [0.3, 0.4) is 0 Å². The summed E-state index contributed by atoms with van der Waals surface area (Å²) in [5.74, 6) is 0. The second-order valence-electron chi connectivity index (χ2n) is 3.80. The molecule has 0 aliphatic heterocycles. The standard InChI is InChI=1S/C9H7F3NO4PS2/c10-9(11,12)5-1-2-7-6(3-5)13-8(19-7)20(17)4-18(14,15)16/h1-3H,4H2,(H2,14,15,16). The van der Waals surface area contributed by atoms with E-state index in [1.54, 1.807) is 0 Å². The first-order valence-electron chi connectivity index (χ1n) is 4.97. The number of rotatable bonds is 3. The molecular weight excluding hydrogens is 338 g/mol. The summed E-state index contributed by atoms with van der Waals surface area (Å²) in [5.41, 5.74) is -1.79. The SMILES string of the molecule is O=S(CP(=O)(O)O)c1nc2cc(C(F)(F)F)ccc2s1. The molecule has 1 heterocycles. The number of alkyl halides is 3. The van der Waals surface area contributed by atoms with E-state index in [1.165, 1.54) is 6.07 Å². The monoisotopic (exact) mass is 345 g/mol. The zero-order valence-electron chi connectivity index (χ0n) is 9.49. The lowest BCUT2D eigenvalue weighted by molar-refractivity contribution is -0.137. The number of benzene rings is 1. The van der Waals surface area contributed by atoms with Gasteiger partial charge in [0.2, 0.25) is 0 Å². The number of aromatic nitrogens is 1. The van der Waals surface area contributed by atoms with Gasteiger partial charge in [-0.05, 0) is 18.2 Å². The summed E-state index contributed by atoms with van der Waals surface area (Å²) >= 11 is 0.843. The van der Waals surface area contributed by atoms with Crippen LogP contribution in [0.5, 0.6) is 0 Å². The Morgan fingerprint density at radius 3 is 2.55 bits per heavy atom. The van der Waals surface area contributed by atoms with Gasteiger partial charge in [0.1, 0.15) is 5.49 Å². The molecule has 0 amide bonds. The van der Waals surface area contributed by atoms with Crippen molar-refractivity contribution >= 4 is 39.9 Å². The maximum absolute atomic E-state index is 12.5. The molecule has 2 aromatic rings. The molecule has 20 heavy (non-hydrogen) atoms. The first-order valence-corrected chi connectivity index (χ1v) is 8.90. The highest BCUT2D eigenvalue weighted by molar-refractivity contribution is 7.93. The topological polar surface area (TPSA) is 87.5 Å². The third-order valence-corrected chi connectivity index (χ3v) is 6.58. The Morgan fingerprint density at radius 1 is 1.35 bits per heavy atom. The fourth-order valence-electron chi connectivity index (χ4n) is 1.39. The average molecular weight is 345 g/mol. The minimum atomic E-state index is -4.51. The zero-order valence-corrected chi connectivity index (χ0v) is 12.0. The number of halogens is 3. The van der Waals surface area contributed by atoms with Crippen molar-refractivity contribution in [2.24, 2.45) is 0 Å². The third kappa shape index (κ3) is 3.64. The number of hydrogen-bond donors (Lipinski definition) is 2. The lowest BCUT2D eigenvalue weighted by Gasteiger charge is -2.04. The van der Waals surface area contributed by atoms with E-state index in [4.69, 9.17) is 9.79 Å². The molecule has 11 heteroatoms. The quantitative estimate of drug-likeness (QED) is 0.835. The molecule has 0 aliphatic rings. The van der Waals surface area contributed by atoms with Gasteiger partial charge in [0.05, 0.1) is 26.6 Å². The first kappa shape index (κ1) is 15.6. The predicted octanol–water partition coefficient (Wildman–Crippen LogP) is 2.56. The molecule has 0 saturated carbocycles. The molecule has 1 aromatic carbocycles. The van der Waals surface area contributed by atoms with Crippen molar-refractivity contribution < 1.29 is 31.7 Å². The molecule has 0 fully saturated rings. The number of thiazole rings is 1. The van der Waals surface area contributed by atoms with Gasteiger partial charge in [0, 0.05) is 0 Å². The van der Waals surface area contributed by atoms with E-state index in [1.807, 2.05) is 0 Å². The molecule has 0 spiro atoms. The fraction of sp³-hybridized carbons (Fsp3) is 0.222. The molecule has 1 atom stereocenters. The Kier molecular flexibility index (Phi) is 4.05. The van der Waals surface area contributed by atoms with Gasteiger partial charge in [-0.2, -0.15) is 13.2 Å². The van der Waals surface area contributed by atoms with E-state index in [9.17, 15) is 21.9 Å². The largest absolute Gasteiger partial charge is 0.416 e. The van der Waals surface area contributed by atoms with E-state index < -0.39 is 35.6 Å². The smallest absolute Gasteiger partial charge is 0.324 e. The maximum atomic E-state index is 12.5. The molecule has 0 saturated heterocycles. The second-order valence-corrected chi connectivity index (χ2v) is 8.53. The summed E-state index contributed by atoms with van der Waals surface area (Å²) in [7, 11) is -6.53. The molecule has 1 aromatic heterocycles. The molecule has 0 bridgehead atoms. The Morgan fingerprint density at radius 2 is 2.00 bits per heavy atom. The van der Waals surface area contributed by atoms with Crippen LogP contribution >= 0.6 is 18.9 Å². The molecule has 0 aliphatic carbocycles. The van der Waals surface area contributed by atoms with E-state index in [2.05, 4.69) is 4.98 Å². The summed E-state index contributed by atoms with van der Waals surface area (Å²) in [5, 5.41) is 0. The number of fused-ring (bicyclic) bond motifs is 1. The van der Waals surface area contributed by atoms with Gasteiger partial charge in [-0.1, -0.05) is 0 Å². The van der Waals surface area contributed by atoms with Crippen LogP contribution in [-0.4, -0.2) is 24.5 Å². The molecule has 1 unspecified atom stereocenters. The van der Waals surface area contributed by atoms with Crippen molar-refractivity contribution in [3.8, 4) is 0 Å². The van der Waals surface area contributed by atoms with Crippen LogP contribution < -0.4 is 0 Å². The van der Waals surface area contributed by atoms with Gasteiger partial charge in [-0.3, -0.25) is 8.77 Å². The third-order valence-electron chi connectivity index (χ3n) is 2.18. The normalized spacial score (nSPS) is 14.7. The van der Waals surface area contributed by atoms with Crippen molar-refractivity contribution in [2.45, 2.75) is 10.5 Å². The van der Waals surface area contributed by atoms with Crippen LogP contribution in [0.25, 0.3) is 10.2 Å². The van der Waals surface area contributed by atoms with Gasteiger partial charge in [0.15, 0.2) is 4.34 Å². The van der Waals surface area contributed by atoms with Gasteiger partial charge < -0.3 is 9.79 Å². The predicted molar refractivity (Wildman–Crippen MR) is 67.9 cm³/mol. The van der Waals surface area contributed by atoms with Crippen molar-refractivity contribution in [1.82, 2.24) is 4.98 Å². The van der Waals surface area contributed by atoms with Crippen LogP contribution in [0.2, 0.25) is 0 Å². The fourth-order valence-corrected chi connectivity index (χ4v) is 5.04. The molecule has 110 valence electrons. The van der Waals surface area contributed by atoms with Crippen LogP contribution in [0.1, 0.15) is 5.56 Å². The molecule has 2 N–H and O–H groups in total. The van der Waals surface area contributed by atoms with Crippen molar-refractivity contribution in [2.75, 3.05) is 5.49 Å². The van der Waals surface area contributed by atoms with E-state index in [0.717, 1.165) is 23.5 Å². The minimum absolute atomic E-state index is 0.00103. The van der Waals surface area contributed by atoms with Gasteiger partial charge in [-0.25, -0.2) is 4.98 Å². The number of hydrogen-bond acceptors (Lipinski definition) is 4. The molecular formula is C9H7F3NO4PS2. The lowest BCUT2D eigenvalue weighted by atomic mass is 10.2. The number of nitrogens with zero attached hydrogens (tertiary/aromatic N) is 1. The lowest BCUT2D eigenvalue weighted by Crippen LogP contribution is -2.04. The van der Waals surface area contributed by atoms with Crippen LogP contribution in [0.15, 0.2) is 22.5 Å². The summed E-state index contributed by atoms with van der Waals surface area (Å²) in [6.45, 7) is 0. The highest BCUT2D eigenvalue weighted by Crippen LogP contribution is 2.38. The molecule has 5 nitrogen and oxygen atoms in total. The highest BCUT2D eigenvalue weighted by Gasteiger charge is 2.31. The Bertz CT molecular complexity index is 724. The van der Waals surface area contributed by atoms with Crippen molar-refractivity contribution in [1.29, 1.82) is 0 Å². The zero-order chi connectivity index (χ0) is 15.1. The van der Waals surface area contributed by atoms with Gasteiger partial charge in [-0.15, -0.1) is 11.3 Å². The Balaban J connectivity index is 2.39. The highest BCUT2D eigenvalue weighted by atomic mass is 32.2. The summed E-state index contributed by atoms with van der Waals surface area (Å²) in [6.07, 6.45) is -4.51. The molecule has 0 radical (unpaired) electrons. The van der Waals surface area contributed by atoms with Crippen molar-refractivity contribution in [3.63, 3.8) is 0 Å². The summed E-state index contributed by atoms with van der Waals surface area (Å²) in [6, 6.07) is 2.87. The summed E-state index contributed by atoms with van der Waals surface area (Å²) < 4.78 is 60.2. The van der Waals surface area contributed by atoms with Gasteiger partial charge >= 0.3 is 13.8 Å². The first-order chi connectivity index (χ1) is 9.06. The van der Waals surface area contributed by atoms with Gasteiger partial charge in [0.25, 0.3) is 0 Å². The van der Waals surface area contributed by atoms with E-state index in [-0.39, 0.29) is 9.86 Å². The van der Waals surface area contributed by atoms with Crippen LogP contribution in [0.4, 0.5) is 13.2 Å². The second kappa shape index (κ2) is 5.19. The maximum Gasteiger partial charge on any atom is 0.416 e. The average Bonchev–Trinajstić information content (AvgIpc) is 2.67. The minimum Gasteiger partial charge on any atom is -0.324 e. The van der Waals surface area contributed by atoms with Crippen molar-refractivity contribution in [3.05, 3.63) is 23.8 Å². The van der Waals surface area contributed by atoms with Crippen LogP contribution in [0, 0.1) is 0 Å². The molecule has 2 rings (SSSR count). The Labute approximate surface area is 117 Å². The Hall–Kier alpha value is -0.800. The van der Waals surface area contributed by atoms with E-state index >= 15 is 0 Å². The summed E-state index contributed by atoms with van der Waals surface area (Å²) in [4.78, 5) is 21.2. The van der Waals surface area contributed by atoms with Crippen LogP contribution in [-0.2, 0) is 21.5 Å².